The highest BCUT2D eigenvalue weighted by Crippen LogP contribution is 2.35. The number of halogens is 1. The molecule has 0 spiro atoms. The van der Waals surface area contributed by atoms with E-state index in [9.17, 15) is 10.1 Å². The minimum atomic E-state index is -0.387. The third-order valence-electron chi connectivity index (χ3n) is 3.88. The van der Waals surface area contributed by atoms with Gasteiger partial charge in [0.15, 0.2) is 5.58 Å². The lowest BCUT2D eigenvalue weighted by Crippen LogP contribution is -1.91. The molecule has 4 aromatic rings. The van der Waals surface area contributed by atoms with E-state index in [2.05, 4.69) is 20.9 Å². The van der Waals surface area contributed by atoms with Gasteiger partial charge in [-0.3, -0.25) is 10.1 Å². The van der Waals surface area contributed by atoms with Gasteiger partial charge >= 0.3 is 0 Å². The van der Waals surface area contributed by atoms with Crippen molar-refractivity contribution in [1.29, 1.82) is 0 Å². The van der Waals surface area contributed by atoms with Gasteiger partial charge in [-0.05, 0) is 42.0 Å². The molecule has 0 saturated carbocycles. The molecule has 0 saturated heterocycles. The number of nitrogens with zero attached hydrogens (tertiary/aromatic N) is 2. The van der Waals surface area contributed by atoms with Crippen molar-refractivity contribution in [2.75, 3.05) is 0 Å². The van der Waals surface area contributed by atoms with Crippen LogP contribution in [0, 0.1) is 10.1 Å². The predicted octanol–water partition coefficient (Wildman–Crippen LogP) is 5.83. The van der Waals surface area contributed by atoms with Crippen LogP contribution in [-0.4, -0.2) is 9.91 Å². The Morgan fingerprint density at radius 3 is 2.52 bits per heavy atom. The maximum Gasteiger partial charge on any atom is 0.277 e. The molecule has 0 aliphatic carbocycles. The summed E-state index contributed by atoms with van der Waals surface area (Å²) >= 11 is 3.37. The summed E-state index contributed by atoms with van der Waals surface area (Å²) < 4.78 is 6.63. The van der Waals surface area contributed by atoms with Gasteiger partial charge in [-0.1, -0.05) is 40.2 Å². The van der Waals surface area contributed by atoms with Crippen molar-refractivity contribution >= 4 is 32.7 Å². The van der Waals surface area contributed by atoms with Gasteiger partial charge in [0.2, 0.25) is 5.89 Å². The normalized spacial score (nSPS) is 10.9. The Labute approximate surface area is 151 Å². The molecule has 0 unspecified atom stereocenters. The van der Waals surface area contributed by atoms with Crippen LogP contribution in [0.15, 0.2) is 75.6 Å². The van der Waals surface area contributed by atoms with E-state index in [-0.39, 0.29) is 10.6 Å². The van der Waals surface area contributed by atoms with E-state index in [1.54, 1.807) is 18.2 Å². The first-order valence-electron chi connectivity index (χ1n) is 7.52. The second-order valence-electron chi connectivity index (χ2n) is 5.49. The van der Waals surface area contributed by atoms with E-state index in [4.69, 9.17) is 4.42 Å². The van der Waals surface area contributed by atoms with Crippen molar-refractivity contribution in [3.63, 3.8) is 0 Å². The van der Waals surface area contributed by atoms with Gasteiger partial charge in [-0.25, -0.2) is 4.98 Å². The van der Waals surface area contributed by atoms with Crippen LogP contribution in [0.5, 0.6) is 0 Å². The predicted molar refractivity (Wildman–Crippen MR) is 99.2 cm³/mol. The SMILES string of the molecule is O=[N+]([O-])c1ccc(Br)cc1-c1ccc2nc(-c3ccccc3)oc2c1. The highest BCUT2D eigenvalue weighted by molar-refractivity contribution is 9.10. The zero-order valence-corrected chi connectivity index (χ0v) is 14.4. The third-order valence-corrected chi connectivity index (χ3v) is 4.37. The topological polar surface area (TPSA) is 69.2 Å². The van der Waals surface area contributed by atoms with Crippen molar-refractivity contribution in [2.45, 2.75) is 0 Å². The summed E-state index contributed by atoms with van der Waals surface area (Å²) in [5.41, 5.74) is 3.46. The first-order valence-corrected chi connectivity index (χ1v) is 8.31. The van der Waals surface area contributed by atoms with Crippen LogP contribution in [0.25, 0.3) is 33.7 Å². The van der Waals surface area contributed by atoms with Gasteiger partial charge < -0.3 is 4.42 Å². The number of rotatable bonds is 3. The largest absolute Gasteiger partial charge is 0.436 e. The molecule has 3 aromatic carbocycles. The average molecular weight is 395 g/mol. The van der Waals surface area contributed by atoms with Gasteiger partial charge in [0.05, 0.1) is 10.5 Å². The van der Waals surface area contributed by atoms with E-state index in [1.807, 2.05) is 42.5 Å². The molecule has 25 heavy (non-hydrogen) atoms. The van der Waals surface area contributed by atoms with Gasteiger partial charge in [0.1, 0.15) is 5.52 Å². The second-order valence-corrected chi connectivity index (χ2v) is 6.40. The number of benzene rings is 3. The Morgan fingerprint density at radius 2 is 1.76 bits per heavy atom. The van der Waals surface area contributed by atoms with Gasteiger partial charge in [0.25, 0.3) is 5.69 Å². The lowest BCUT2D eigenvalue weighted by atomic mass is 10.0. The summed E-state index contributed by atoms with van der Waals surface area (Å²) in [6, 6.07) is 19.9. The summed E-state index contributed by atoms with van der Waals surface area (Å²) in [5.74, 6) is 0.525. The Morgan fingerprint density at radius 1 is 0.960 bits per heavy atom. The molecule has 1 aromatic heterocycles. The van der Waals surface area contributed by atoms with Crippen molar-refractivity contribution < 1.29 is 9.34 Å². The summed E-state index contributed by atoms with van der Waals surface area (Å²) in [4.78, 5) is 15.4. The van der Waals surface area contributed by atoms with E-state index in [0.717, 1.165) is 10.0 Å². The average Bonchev–Trinajstić information content (AvgIpc) is 3.05. The quantitative estimate of drug-likeness (QED) is 0.323. The Balaban J connectivity index is 1.85. The van der Waals surface area contributed by atoms with E-state index in [0.29, 0.717) is 28.1 Å². The van der Waals surface area contributed by atoms with Gasteiger partial charge in [0, 0.05) is 16.1 Å². The molecule has 0 bridgehead atoms. The zero-order valence-electron chi connectivity index (χ0n) is 12.8. The third kappa shape index (κ3) is 2.92. The van der Waals surface area contributed by atoms with Crippen LogP contribution in [0.3, 0.4) is 0 Å². The van der Waals surface area contributed by atoms with Crippen LogP contribution in [-0.2, 0) is 0 Å². The maximum absolute atomic E-state index is 11.3. The fourth-order valence-corrected chi connectivity index (χ4v) is 3.06. The number of hydrogen-bond donors (Lipinski definition) is 0. The lowest BCUT2D eigenvalue weighted by molar-refractivity contribution is -0.384. The molecule has 6 heteroatoms. The molecule has 0 atom stereocenters. The van der Waals surface area contributed by atoms with Crippen LogP contribution >= 0.6 is 15.9 Å². The van der Waals surface area contributed by atoms with Crippen molar-refractivity contribution in [3.05, 3.63) is 81.3 Å². The molecule has 0 aliphatic rings. The number of nitro benzene ring substituents is 1. The monoisotopic (exact) mass is 394 g/mol. The van der Waals surface area contributed by atoms with Gasteiger partial charge in [-0.15, -0.1) is 0 Å². The smallest absolute Gasteiger partial charge is 0.277 e. The summed E-state index contributed by atoms with van der Waals surface area (Å²) in [7, 11) is 0. The van der Waals surface area contributed by atoms with Crippen molar-refractivity contribution in [1.82, 2.24) is 4.98 Å². The number of fused-ring (bicyclic) bond motifs is 1. The molecule has 5 nitrogen and oxygen atoms in total. The Kier molecular flexibility index (Phi) is 3.82. The fourth-order valence-electron chi connectivity index (χ4n) is 2.70. The van der Waals surface area contributed by atoms with Crippen molar-refractivity contribution in [2.24, 2.45) is 0 Å². The van der Waals surface area contributed by atoms with Crippen molar-refractivity contribution in [3.8, 4) is 22.6 Å². The fraction of sp³-hybridized carbons (Fsp3) is 0. The molecule has 0 amide bonds. The maximum atomic E-state index is 11.3. The molecule has 4 rings (SSSR count). The molecular weight excluding hydrogens is 384 g/mol. The minimum absolute atomic E-state index is 0.0466. The molecule has 122 valence electrons. The molecule has 0 aliphatic heterocycles. The first kappa shape index (κ1) is 15.5. The summed E-state index contributed by atoms with van der Waals surface area (Å²) in [6.45, 7) is 0. The summed E-state index contributed by atoms with van der Waals surface area (Å²) in [5, 5.41) is 11.3. The van der Waals surface area contributed by atoms with Crippen LogP contribution in [0.2, 0.25) is 0 Å². The minimum Gasteiger partial charge on any atom is -0.436 e. The molecule has 0 fully saturated rings. The lowest BCUT2D eigenvalue weighted by Gasteiger charge is -2.03. The summed E-state index contributed by atoms with van der Waals surface area (Å²) in [6.07, 6.45) is 0. The van der Waals surface area contributed by atoms with E-state index >= 15 is 0 Å². The number of hydrogen-bond acceptors (Lipinski definition) is 4. The molecule has 0 radical (unpaired) electrons. The van der Waals surface area contributed by atoms with Gasteiger partial charge in [-0.2, -0.15) is 0 Å². The number of nitro groups is 1. The number of oxazole rings is 1. The molecule has 0 N–H and O–H groups in total. The van der Waals surface area contributed by atoms with E-state index < -0.39 is 0 Å². The highest BCUT2D eigenvalue weighted by atomic mass is 79.9. The highest BCUT2D eigenvalue weighted by Gasteiger charge is 2.17. The molecular formula is C19H11BrN2O3. The van der Waals surface area contributed by atoms with Crippen LogP contribution in [0.4, 0.5) is 5.69 Å². The van der Waals surface area contributed by atoms with Crippen LogP contribution in [0.1, 0.15) is 0 Å². The van der Waals surface area contributed by atoms with E-state index in [1.165, 1.54) is 6.07 Å². The van der Waals surface area contributed by atoms with Crippen LogP contribution < -0.4 is 0 Å². The second kappa shape index (κ2) is 6.14. The standard InChI is InChI=1S/C19H11BrN2O3/c20-14-7-9-17(22(23)24)15(11-14)13-6-8-16-18(10-13)25-19(21-16)12-4-2-1-3-5-12/h1-11H. The molecule has 1 heterocycles. The first-order chi connectivity index (χ1) is 12.1. The number of aromatic nitrogens is 1. The zero-order chi connectivity index (χ0) is 17.4. The Hall–Kier alpha value is -2.99. The Bertz CT molecular complexity index is 1090.